The molecule has 10 rings (SSSR count). The molecule has 0 heterocycles. The van der Waals surface area contributed by atoms with E-state index in [0.29, 0.717) is 0 Å². The summed E-state index contributed by atoms with van der Waals surface area (Å²) in [6.45, 7) is 0. The van der Waals surface area contributed by atoms with Crippen molar-refractivity contribution in [1.82, 2.24) is 0 Å². The van der Waals surface area contributed by atoms with Crippen molar-refractivity contribution >= 4 is 53.9 Å². The summed E-state index contributed by atoms with van der Waals surface area (Å²) in [6, 6.07) is 71.3. The highest BCUT2D eigenvalue weighted by Gasteiger charge is 2.19. The molecule has 0 bridgehead atoms. The summed E-state index contributed by atoms with van der Waals surface area (Å²) >= 11 is 0. The molecule has 0 aliphatic rings. The van der Waals surface area contributed by atoms with E-state index in [0.717, 1.165) is 0 Å². The first-order valence-electron chi connectivity index (χ1n) is 17.4. The van der Waals surface area contributed by atoms with E-state index in [2.05, 4.69) is 194 Å². The fourth-order valence-electron chi connectivity index (χ4n) is 8.16. The zero-order valence-electron chi connectivity index (χ0n) is 27.5. The lowest BCUT2D eigenvalue weighted by molar-refractivity contribution is 1.64. The molecule has 0 atom stereocenters. The Morgan fingerprint density at radius 3 is 1.34 bits per heavy atom. The molecule has 0 saturated heterocycles. The summed E-state index contributed by atoms with van der Waals surface area (Å²) in [5, 5.41) is 12.6. The van der Waals surface area contributed by atoms with Crippen LogP contribution in [0.1, 0.15) is 0 Å². The smallest absolute Gasteiger partial charge is 0.00201 e. The second kappa shape index (κ2) is 11.6. The Kier molecular flexibility index (Phi) is 6.60. The summed E-state index contributed by atoms with van der Waals surface area (Å²) in [4.78, 5) is 0. The van der Waals surface area contributed by atoms with Crippen molar-refractivity contribution in [3.8, 4) is 44.5 Å². The van der Waals surface area contributed by atoms with Gasteiger partial charge in [0, 0.05) is 0 Å². The van der Waals surface area contributed by atoms with Gasteiger partial charge in [0.1, 0.15) is 0 Å². The minimum absolute atomic E-state index is 1.23. The first-order chi connectivity index (χ1) is 24.8. The largest absolute Gasteiger partial charge is 0.0622 e. The maximum Gasteiger partial charge on any atom is -0.00201 e. The van der Waals surface area contributed by atoms with Gasteiger partial charge in [-0.15, -0.1) is 0 Å². The highest BCUT2D eigenvalue weighted by Crippen LogP contribution is 2.46. The first kappa shape index (κ1) is 28.5. The van der Waals surface area contributed by atoms with Crippen LogP contribution in [0, 0.1) is 0 Å². The van der Waals surface area contributed by atoms with Gasteiger partial charge in [0.25, 0.3) is 0 Å². The molecule has 0 aliphatic carbocycles. The molecule has 0 aliphatic heterocycles. The Bertz CT molecular complexity index is 2850. The van der Waals surface area contributed by atoms with Crippen LogP contribution in [0.5, 0.6) is 0 Å². The summed E-state index contributed by atoms with van der Waals surface area (Å²) in [6.07, 6.45) is 0. The first-order valence-corrected chi connectivity index (χ1v) is 17.4. The molecule has 0 amide bonds. The molecular weight excluding hydrogens is 601 g/mol. The fraction of sp³-hybridized carbons (Fsp3) is 0. The standard InChI is InChI=1S/C50H32/c1-2-13-33(14-3-1)41-29-30-48(43-19-7-6-18-42(41)43)50-46-22-10-8-20-44(46)49(45-21-9-11-23-47(45)50)38-28-26-35-31-37(27-25-36(35)32-38)40-24-12-16-34-15-4-5-17-39(34)40/h1-32H. The summed E-state index contributed by atoms with van der Waals surface area (Å²) in [5.74, 6) is 0. The van der Waals surface area contributed by atoms with Crippen LogP contribution in [-0.2, 0) is 0 Å². The highest BCUT2D eigenvalue weighted by molar-refractivity contribution is 6.24. The van der Waals surface area contributed by atoms with Crippen LogP contribution in [0.3, 0.4) is 0 Å². The van der Waals surface area contributed by atoms with Crippen LogP contribution in [0.25, 0.3) is 98.4 Å². The summed E-state index contributed by atoms with van der Waals surface area (Å²) in [5.41, 5.74) is 10.1. The molecule has 10 aromatic carbocycles. The molecule has 0 aromatic heterocycles. The number of benzene rings is 10. The maximum absolute atomic E-state index is 2.38. The second-order valence-corrected chi connectivity index (χ2v) is 13.2. The van der Waals surface area contributed by atoms with Gasteiger partial charge >= 0.3 is 0 Å². The molecule has 0 fully saturated rings. The van der Waals surface area contributed by atoms with E-state index < -0.39 is 0 Å². The molecule has 0 radical (unpaired) electrons. The average Bonchev–Trinajstić information content (AvgIpc) is 3.19. The second-order valence-electron chi connectivity index (χ2n) is 13.2. The fourth-order valence-corrected chi connectivity index (χ4v) is 8.16. The zero-order chi connectivity index (χ0) is 33.0. The van der Waals surface area contributed by atoms with Gasteiger partial charge in [0.15, 0.2) is 0 Å². The number of hydrogen-bond acceptors (Lipinski definition) is 0. The van der Waals surface area contributed by atoms with Crippen LogP contribution < -0.4 is 0 Å². The van der Waals surface area contributed by atoms with E-state index in [-0.39, 0.29) is 0 Å². The molecule has 0 saturated carbocycles. The normalized spacial score (nSPS) is 11.6. The lowest BCUT2D eigenvalue weighted by Crippen LogP contribution is -1.92. The van der Waals surface area contributed by atoms with Gasteiger partial charge in [-0.1, -0.05) is 182 Å². The third-order valence-corrected chi connectivity index (χ3v) is 10.4. The van der Waals surface area contributed by atoms with E-state index in [9.17, 15) is 0 Å². The van der Waals surface area contributed by atoms with Crippen molar-refractivity contribution in [3.05, 3.63) is 194 Å². The minimum Gasteiger partial charge on any atom is -0.0622 e. The van der Waals surface area contributed by atoms with E-state index >= 15 is 0 Å². The Morgan fingerprint density at radius 1 is 0.200 bits per heavy atom. The van der Waals surface area contributed by atoms with E-state index in [4.69, 9.17) is 0 Å². The Labute approximate surface area is 291 Å². The minimum atomic E-state index is 1.23. The SMILES string of the molecule is c1ccc(-c2ccc(-c3c4ccccc4c(-c4ccc5cc(-c6cccc7ccccc67)ccc5c4)c4ccccc34)c3ccccc23)cc1. The molecule has 10 aromatic rings. The molecule has 0 N–H and O–H groups in total. The van der Waals surface area contributed by atoms with Crippen LogP contribution >= 0.6 is 0 Å². The summed E-state index contributed by atoms with van der Waals surface area (Å²) < 4.78 is 0. The van der Waals surface area contributed by atoms with Crippen LogP contribution in [0.15, 0.2) is 194 Å². The Morgan fingerprint density at radius 2 is 0.660 bits per heavy atom. The van der Waals surface area contributed by atoms with Crippen molar-refractivity contribution < 1.29 is 0 Å². The van der Waals surface area contributed by atoms with Gasteiger partial charge in [-0.2, -0.15) is 0 Å². The van der Waals surface area contributed by atoms with E-state index in [1.807, 2.05) is 0 Å². The third kappa shape index (κ3) is 4.54. The number of hydrogen-bond donors (Lipinski definition) is 0. The molecule has 0 heteroatoms. The molecular formula is C50H32. The van der Waals surface area contributed by atoms with Crippen LogP contribution in [-0.4, -0.2) is 0 Å². The lowest BCUT2D eigenvalue weighted by Gasteiger charge is -2.20. The molecule has 0 spiro atoms. The predicted molar refractivity (Wildman–Crippen MR) is 216 cm³/mol. The Balaban J connectivity index is 1.18. The van der Waals surface area contributed by atoms with Gasteiger partial charge < -0.3 is 0 Å². The van der Waals surface area contributed by atoms with Crippen LogP contribution in [0.4, 0.5) is 0 Å². The third-order valence-electron chi connectivity index (χ3n) is 10.4. The monoisotopic (exact) mass is 632 g/mol. The van der Waals surface area contributed by atoms with E-state index in [1.165, 1.54) is 98.4 Å². The topological polar surface area (TPSA) is 0 Å². The molecule has 50 heavy (non-hydrogen) atoms. The zero-order valence-corrected chi connectivity index (χ0v) is 27.5. The van der Waals surface area contributed by atoms with Crippen molar-refractivity contribution in [2.75, 3.05) is 0 Å². The van der Waals surface area contributed by atoms with Gasteiger partial charge in [-0.05, 0) is 111 Å². The van der Waals surface area contributed by atoms with Crippen molar-refractivity contribution in [1.29, 1.82) is 0 Å². The van der Waals surface area contributed by atoms with Crippen molar-refractivity contribution in [3.63, 3.8) is 0 Å². The quantitative estimate of drug-likeness (QED) is 0.169. The van der Waals surface area contributed by atoms with Gasteiger partial charge in [-0.3, -0.25) is 0 Å². The molecule has 232 valence electrons. The van der Waals surface area contributed by atoms with Crippen molar-refractivity contribution in [2.45, 2.75) is 0 Å². The van der Waals surface area contributed by atoms with Crippen LogP contribution in [0.2, 0.25) is 0 Å². The van der Waals surface area contributed by atoms with E-state index in [1.54, 1.807) is 0 Å². The van der Waals surface area contributed by atoms with Gasteiger partial charge in [0.2, 0.25) is 0 Å². The maximum atomic E-state index is 2.38. The van der Waals surface area contributed by atoms with Crippen molar-refractivity contribution in [2.24, 2.45) is 0 Å². The predicted octanol–water partition coefficient (Wildman–Crippen LogP) is 14.1. The summed E-state index contributed by atoms with van der Waals surface area (Å²) in [7, 11) is 0. The number of fused-ring (bicyclic) bond motifs is 5. The lowest BCUT2D eigenvalue weighted by atomic mass is 9.83. The number of rotatable bonds is 4. The molecule has 0 unspecified atom stereocenters. The molecule has 0 nitrogen and oxygen atoms in total. The highest BCUT2D eigenvalue weighted by atomic mass is 14.2. The van der Waals surface area contributed by atoms with Gasteiger partial charge in [0.05, 0.1) is 0 Å². The average molecular weight is 633 g/mol. The Hall–Kier alpha value is -6.50. The van der Waals surface area contributed by atoms with Gasteiger partial charge in [-0.25, -0.2) is 0 Å².